The van der Waals surface area contributed by atoms with Gasteiger partial charge in [-0.25, -0.2) is 0 Å². The van der Waals surface area contributed by atoms with Crippen molar-refractivity contribution in [1.29, 1.82) is 0 Å². The lowest BCUT2D eigenvalue weighted by Crippen LogP contribution is -2.36. The number of nitrogens with zero attached hydrogens (tertiary/aromatic N) is 2. The molecule has 0 spiro atoms. The van der Waals surface area contributed by atoms with Crippen molar-refractivity contribution < 1.29 is 9.26 Å². The van der Waals surface area contributed by atoms with Crippen molar-refractivity contribution in [1.82, 2.24) is 15.4 Å². The van der Waals surface area contributed by atoms with Gasteiger partial charge in [0.05, 0.1) is 18.3 Å². The maximum absolute atomic E-state index is 5.60. The Hall–Kier alpha value is -0.910. The second kappa shape index (κ2) is 5.61. The van der Waals surface area contributed by atoms with Crippen LogP contribution in [0.25, 0.3) is 0 Å². The van der Waals surface area contributed by atoms with Gasteiger partial charge in [0.25, 0.3) is 0 Å². The van der Waals surface area contributed by atoms with E-state index in [-0.39, 0.29) is 0 Å². The third kappa shape index (κ3) is 3.35. The number of likely N-dealkylation sites (N-methyl/N-ethyl adjacent to an activating group) is 1. The van der Waals surface area contributed by atoms with Crippen molar-refractivity contribution in [3.63, 3.8) is 0 Å². The SMILES string of the molecule is CC1OCCC1N(C)Cc1cc(CNC2CC2)no1. The van der Waals surface area contributed by atoms with E-state index in [4.69, 9.17) is 9.26 Å². The highest BCUT2D eigenvalue weighted by Crippen LogP contribution is 2.21. The summed E-state index contributed by atoms with van der Waals surface area (Å²) in [6.45, 7) is 4.62. The summed E-state index contributed by atoms with van der Waals surface area (Å²) in [5.41, 5.74) is 1.01. The minimum Gasteiger partial charge on any atom is -0.377 e. The van der Waals surface area contributed by atoms with E-state index in [0.29, 0.717) is 18.2 Å². The standard InChI is InChI=1S/C14H23N3O2/c1-10-14(5-6-18-10)17(2)9-13-7-12(16-19-13)8-15-11-3-4-11/h7,10-11,14-15H,3-6,8-9H2,1-2H3. The van der Waals surface area contributed by atoms with Gasteiger partial charge in [-0.15, -0.1) is 0 Å². The molecule has 1 N–H and O–H groups in total. The summed E-state index contributed by atoms with van der Waals surface area (Å²) in [7, 11) is 2.13. The molecule has 2 unspecified atom stereocenters. The van der Waals surface area contributed by atoms with Crippen LogP contribution in [-0.4, -0.2) is 41.9 Å². The summed E-state index contributed by atoms with van der Waals surface area (Å²) >= 11 is 0. The first-order valence-electron chi connectivity index (χ1n) is 7.22. The molecule has 2 fully saturated rings. The fraction of sp³-hybridized carbons (Fsp3) is 0.786. The zero-order valence-electron chi connectivity index (χ0n) is 11.8. The molecule has 0 radical (unpaired) electrons. The second-order valence-electron chi connectivity index (χ2n) is 5.79. The molecule has 5 heteroatoms. The van der Waals surface area contributed by atoms with Crippen LogP contribution in [0.5, 0.6) is 0 Å². The zero-order chi connectivity index (χ0) is 13.2. The molecule has 1 saturated heterocycles. The first kappa shape index (κ1) is 13.1. The fourth-order valence-electron chi connectivity index (χ4n) is 2.71. The van der Waals surface area contributed by atoms with Gasteiger partial charge in [0, 0.05) is 31.3 Å². The second-order valence-corrected chi connectivity index (χ2v) is 5.79. The molecule has 2 atom stereocenters. The van der Waals surface area contributed by atoms with Gasteiger partial charge in [0.15, 0.2) is 5.76 Å². The summed E-state index contributed by atoms with van der Waals surface area (Å²) in [5.74, 6) is 0.939. The largest absolute Gasteiger partial charge is 0.377 e. The van der Waals surface area contributed by atoms with E-state index < -0.39 is 0 Å². The van der Waals surface area contributed by atoms with E-state index in [0.717, 1.165) is 37.6 Å². The number of hydrogen-bond donors (Lipinski definition) is 1. The molecule has 1 aromatic heterocycles. The monoisotopic (exact) mass is 265 g/mol. The van der Waals surface area contributed by atoms with E-state index in [1.807, 2.05) is 0 Å². The Labute approximate surface area is 114 Å². The van der Waals surface area contributed by atoms with Gasteiger partial charge >= 0.3 is 0 Å². The van der Waals surface area contributed by atoms with E-state index in [9.17, 15) is 0 Å². The Morgan fingerprint density at radius 3 is 2.95 bits per heavy atom. The number of ether oxygens (including phenoxy) is 1. The van der Waals surface area contributed by atoms with E-state index >= 15 is 0 Å². The Bertz CT molecular complexity index is 417. The van der Waals surface area contributed by atoms with E-state index in [2.05, 4.69) is 35.4 Å². The molecule has 1 saturated carbocycles. The maximum Gasteiger partial charge on any atom is 0.151 e. The molecule has 0 aromatic carbocycles. The van der Waals surface area contributed by atoms with Crippen molar-refractivity contribution in [2.75, 3.05) is 13.7 Å². The third-order valence-electron chi connectivity index (χ3n) is 4.06. The van der Waals surface area contributed by atoms with Gasteiger partial charge < -0.3 is 14.6 Å². The van der Waals surface area contributed by atoms with Crippen molar-refractivity contribution in [3.05, 3.63) is 17.5 Å². The third-order valence-corrected chi connectivity index (χ3v) is 4.06. The first-order chi connectivity index (χ1) is 9.22. The predicted molar refractivity (Wildman–Crippen MR) is 71.7 cm³/mol. The molecular weight excluding hydrogens is 242 g/mol. The van der Waals surface area contributed by atoms with Gasteiger partial charge in [0.1, 0.15) is 0 Å². The quantitative estimate of drug-likeness (QED) is 0.845. The van der Waals surface area contributed by atoms with E-state index in [1.54, 1.807) is 0 Å². The zero-order valence-corrected chi connectivity index (χ0v) is 11.8. The summed E-state index contributed by atoms with van der Waals surface area (Å²) in [5, 5.41) is 7.56. The lowest BCUT2D eigenvalue weighted by atomic mass is 10.1. The average Bonchev–Trinajstić information content (AvgIpc) is 2.95. The number of hydrogen-bond acceptors (Lipinski definition) is 5. The summed E-state index contributed by atoms with van der Waals surface area (Å²) in [4.78, 5) is 2.30. The summed E-state index contributed by atoms with van der Waals surface area (Å²) in [6.07, 6.45) is 4.01. The van der Waals surface area contributed by atoms with Crippen LogP contribution < -0.4 is 5.32 Å². The van der Waals surface area contributed by atoms with Crippen LogP contribution in [0.1, 0.15) is 37.6 Å². The van der Waals surface area contributed by atoms with Crippen LogP contribution >= 0.6 is 0 Å². The number of rotatable bonds is 6. The highest BCUT2D eigenvalue weighted by atomic mass is 16.5. The van der Waals surface area contributed by atoms with Gasteiger partial charge in [0.2, 0.25) is 0 Å². The molecule has 2 heterocycles. The van der Waals surface area contributed by atoms with Crippen molar-refractivity contribution in [2.45, 2.75) is 57.5 Å². The molecule has 106 valence electrons. The van der Waals surface area contributed by atoms with Crippen molar-refractivity contribution in [2.24, 2.45) is 0 Å². The Kier molecular flexibility index (Phi) is 3.86. The lowest BCUT2D eigenvalue weighted by Gasteiger charge is -2.25. The molecule has 0 bridgehead atoms. The van der Waals surface area contributed by atoms with Gasteiger partial charge in [-0.3, -0.25) is 4.90 Å². The predicted octanol–water partition coefficient (Wildman–Crippen LogP) is 1.54. The first-order valence-corrected chi connectivity index (χ1v) is 7.22. The average molecular weight is 265 g/mol. The Morgan fingerprint density at radius 1 is 1.42 bits per heavy atom. The number of aromatic nitrogens is 1. The van der Waals surface area contributed by atoms with Crippen LogP contribution in [0.4, 0.5) is 0 Å². The molecule has 1 aliphatic heterocycles. The Balaban J connectivity index is 1.50. The topological polar surface area (TPSA) is 50.5 Å². The van der Waals surface area contributed by atoms with Crippen LogP contribution in [0.2, 0.25) is 0 Å². The number of nitrogens with one attached hydrogen (secondary N) is 1. The van der Waals surface area contributed by atoms with Crippen molar-refractivity contribution >= 4 is 0 Å². The van der Waals surface area contributed by atoms with E-state index in [1.165, 1.54) is 12.8 Å². The normalized spacial score (nSPS) is 27.3. The van der Waals surface area contributed by atoms with Crippen molar-refractivity contribution in [3.8, 4) is 0 Å². The maximum atomic E-state index is 5.60. The molecule has 1 aromatic rings. The van der Waals surface area contributed by atoms with Gasteiger partial charge in [-0.2, -0.15) is 0 Å². The summed E-state index contributed by atoms with van der Waals surface area (Å²) < 4.78 is 11.0. The molecule has 0 amide bonds. The summed E-state index contributed by atoms with van der Waals surface area (Å²) in [6, 6.07) is 3.25. The smallest absolute Gasteiger partial charge is 0.151 e. The van der Waals surface area contributed by atoms with Crippen LogP contribution in [-0.2, 0) is 17.8 Å². The highest BCUT2D eigenvalue weighted by Gasteiger charge is 2.28. The Morgan fingerprint density at radius 2 is 2.26 bits per heavy atom. The molecule has 2 aliphatic rings. The van der Waals surface area contributed by atoms with Crippen LogP contribution in [0, 0.1) is 0 Å². The van der Waals surface area contributed by atoms with Crippen LogP contribution in [0.15, 0.2) is 10.6 Å². The lowest BCUT2D eigenvalue weighted by molar-refractivity contribution is 0.0783. The molecule has 1 aliphatic carbocycles. The minimum atomic E-state index is 0.309. The van der Waals surface area contributed by atoms with Crippen LogP contribution in [0.3, 0.4) is 0 Å². The highest BCUT2D eigenvalue weighted by molar-refractivity contribution is 5.06. The molecular formula is C14H23N3O2. The molecule has 3 rings (SSSR count). The molecule has 5 nitrogen and oxygen atoms in total. The van der Waals surface area contributed by atoms with Gasteiger partial charge in [-0.05, 0) is 33.2 Å². The minimum absolute atomic E-state index is 0.309. The molecule has 19 heavy (non-hydrogen) atoms. The fourth-order valence-corrected chi connectivity index (χ4v) is 2.71. The van der Waals surface area contributed by atoms with Gasteiger partial charge in [-0.1, -0.05) is 5.16 Å².